The fourth-order valence-corrected chi connectivity index (χ4v) is 1.39. The number of aliphatic hydroxyl groups is 1. The second-order valence-corrected chi connectivity index (χ2v) is 3.40. The van der Waals surface area contributed by atoms with Crippen molar-refractivity contribution in [1.82, 2.24) is 0 Å². The van der Waals surface area contributed by atoms with Crippen molar-refractivity contribution in [3.8, 4) is 0 Å². The molecular formula is C13H14O3. The van der Waals surface area contributed by atoms with Crippen LogP contribution in [0, 0.1) is 0 Å². The van der Waals surface area contributed by atoms with Gasteiger partial charge in [-0.05, 0) is 5.56 Å². The van der Waals surface area contributed by atoms with Crippen LogP contribution < -0.4 is 0 Å². The summed E-state index contributed by atoms with van der Waals surface area (Å²) in [5, 5.41) is 10.1. The summed E-state index contributed by atoms with van der Waals surface area (Å²) < 4.78 is 4.87. The molecule has 1 atom stereocenters. The van der Waals surface area contributed by atoms with Gasteiger partial charge >= 0.3 is 5.97 Å². The fourth-order valence-electron chi connectivity index (χ4n) is 1.39. The van der Waals surface area contributed by atoms with Gasteiger partial charge in [0.15, 0.2) is 0 Å². The monoisotopic (exact) mass is 218 g/mol. The van der Waals surface area contributed by atoms with Crippen molar-refractivity contribution in [2.45, 2.75) is 12.7 Å². The summed E-state index contributed by atoms with van der Waals surface area (Å²) in [6.45, 7) is 8.31. The van der Waals surface area contributed by atoms with E-state index in [1.54, 1.807) is 24.3 Å². The molecule has 0 saturated heterocycles. The molecule has 0 aliphatic carbocycles. The first-order valence-electron chi connectivity index (χ1n) is 4.81. The Hall–Kier alpha value is -1.87. The van der Waals surface area contributed by atoms with Crippen molar-refractivity contribution in [3.05, 3.63) is 54.6 Å². The molecule has 1 unspecified atom stereocenters. The molecule has 3 heteroatoms. The minimum absolute atomic E-state index is 0.486. The van der Waals surface area contributed by atoms with Crippen molar-refractivity contribution >= 4 is 12.0 Å². The summed E-state index contributed by atoms with van der Waals surface area (Å²) in [5.74, 6) is -2.36. The lowest BCUT2D eigenvalue weighted by atomic mass is 10.0. The molecule has 1 rings (SSSR count). The number of hydrogen-bond donors (Lipinski definition) is 1. The van der Waals surface area contributed by atoms with E-state index < -0.39 is 11.8 Å². The van der Waals surface area contributed by atoms with Crippen molar-refractivity contribution in [1.29, 1.82) is 0 Å². The average Bonchev–Trinajstić information content (AvgIpc) is 2.28. The Morgan fingerprint density at radius 3 is 2.62 bits per heavy atom. The number of esters is 1. The molecule has 0 aliphatic heterocycles. The largest absolute Gasteiger partial charge is 0.426 e. The highest BCUT2D eigenvalue weighted by Crippen LogP contribution is 2.26. The van der Waals surface area contributed by atoms with E-state index in [2.05, 4.69) is 13.2 Å². The molecule has 0 amide bonds. The van der Waals surface area contributed by atoms with E-state index in [9.17, 15) is 9.90 Å². The van der Waals surface area contributed by atoms with Gasteiger partial charge < -0.3 is 9.84 Å². The number of hydrogen-bond acceptors (Lipinski definition) is 3. The van der Waals surface area contributed by atoms with Crippen molar-refractivity contribution in [2.75, 3.05) is 0 Å². The third-order valence-corrected chi connectivity index (χ3v) is 2.15. The molecule has 0 bridgehead atoms. The van der Waals surface area contributed by atoms with Crippen LogP contribution in [0.3, 0.4) is 0 Å². The zero-order chi connectivity index (χ0) is 12.2. The highest BCUT2D eigenvalue weighted by atomic mass is 16.7. The van der Waals surface area contributed by atoms with E-state index in [1.165, 1.54) is 6.92 Å². The molecule has 0 heterocycles. The van der Waals surface area contributed by atoms with Gasteiger partial charge in [0.05, 0.1) is 0 Å². The molecule has 0 saturated carbocycles. The second kappa shape index (κ2) is 4.77. The first-order valence-corrected chi connectivity index (χ1v) is 4.81. The molecule has 0 aromatic heterocycles. The molecule has 0 aliphatic rings. The first-order chi connectivity index (χ1) is 7.51. The van der Waals surface area contributed by atoms with E-state index in [1.807, 2.05) is 6.07 Å². The van der Waals surface area contributed by atoms with Gasteiger partial charge in [-0.2, -0.15) is 0 Å². The Labute approximate surface area is 94.7 Å². The Morgan fingerprint density at radius 1 is 1.44 bits per heavy atom. The molecule has 0 radical (unpaired) electrons. The SMILES string of the molecule is C=CC(=O)OC(C)(O)c1ccccc1C=C. The maximum atomic E-state index is 11.1. The zero-order valence-electron chi connectivity index (χ0n) is 9.14. The van der Waals surface area contributed by atoms with Crippen molar-refractivity contribution in [3.63, 3.8) is 0 Å². The Morgan fingerprint density at radius 2 is 2.06 bits per heavy atom. The smallest absolute Gasteiger partial charge is 0.332 e. The summed E-state index contributed by atoms with van der Waals surface area (Å²) in [4.78, 5) is 11.1. The van der Waals surface area contributed by atoms with Gasteiger partial charge in [-0.25, -0.2) is 4.79 Å². The second-order valence-electron chi connectivity index (χ2n) is 3.40. The van der Waals surface area contributed by atoms with E-state index in [4.69, 9.17) is 4.74 Å². The highest BCUT2D eigenvalue weighted by molar-refractivity contribution is 5.81. The number of carbonyl (C=O) groups excluding carboxylic acids is 1. The molecule has 84 valence electrons. The predicted octanol–water partition coefficient (Wildman–Crippen LogP) is 2.22. The predicted molar refractivity (Wildman–Crippen MR) is 62.4 cm³/mol. The van der Waals surface area contributed by atoms with Gasteiger partial charge in [0.25, 0.3) is 0 Å². The first kappa shape index (κ1) is 12.2. The lowest BCUT2D eigenvalue weighted by Gasteiger charge is -2.24. The molecule has 0 fully saturated rings. The highest BCUT2D eigenvalue weighted by Gasteiger charge is 2.28. The van der Waals surface area contributed by atoms with Gasteiger partial charge in [0.1, 0.15) is 0 Å². The van der Waals surface area contributed by atoms with Crippen LogP contribution in [0.1, 0.15) is 18.1 Å². The van der Waals surface area contributed by atoms with E-state index in [-0.39, 0.29) is 0 Å². The number of rotatable bonds is 4. The molecule has 3 nitrogen and oxygen atoms in total. The Kier molecular flexibility index (Phi) is 3.64. The third-order valence-electron chi connectivity index (χ3n) is 2.15. The summed E-state index contributed by atoms with van der Waals surface area (Å²) >= 11 is 0. The summed E-state index contributed by atoms with van der Waals surface area (Å²) in [6, 6.07) is 7.01. The Balaban J connectivity index is 3.10. The van der Waals surface area contributed by atoms with Gasteiger partial charge in [-0.3, -0.25) is 0 Å². The zero-order valence-corrected chi connectivity index (χ0v) is 9.14. The van der Waals surface area contributed by atoms with Crippen LogP contribution in [0.2, 0.25) is 0 Å². The maximum Gasteiger partial charge on any atom is 0.332 e. The lowest BCUT2D eigenvalue weighted by molar-refractivity contribution is -0.201. The minimum Gasteiger partial charge on any atom is -0.426 e. The lowest BCUT2D eigenvalue weighted by Crippen LogP contribution is -2.28. The van der Waals surface area contributed by atoms with Gasteiger partial charge in [0.2, 0.25) is 5.79 Å². The van der Waals surface area contributed by atoms with Crippen LogP contribution in [0.4, 0.5) is 0 Å². The third kappa shape index (κ3) is 2.58. The average molecular weight is 218 g/mol. The van der Waals surface area contributed by atoms with Crippen LogP contribution in [0.25, 0.3) is 6.08 Å². The number of carbonyl (C=O) groups is 1. The minimum atomic E-state index is -1.68. The molecular weight excluding hydrogens is 204 g/mol. The van der Waals surface area contributed by atoms with E-state index in [0.29, 0.717) is 11.1 Å². The standard InChI is InChI=1S/C13H14O3/c1-4-10-8-6-7-9-11(10)13(3,15)16-12(14)5-2/h4-9,15H,1-2H2,3H3. The van der Waals surface area contributed by atoms with Crippen LogP contribution in [0.5, 0.6) is 0 Å². The van der Waals surface area contributed by atoms with Gasteiger partial charge in [-0.1, -0.05) is 43.5 Å². The molecule has 0 spiro atoms. The van der Waals surface area contributed by atoms with Crippen LogP contribution in [0.15, 0.2) is 43.5 Å². The molecule has 16 heavy (non-hydrogen) atoms. The number of benzene rings is 1. The Bertz CT molecular complexity index is 419. The summed E-state index contributed by atoms with van der Waals surface area (Å²) in [7, 11) is 0. The number of ether oxygens (including phenoxy) is 1. The van der Waals surface area contributed by atoms with E-state index in [0.717, 1.165) is 6.08 Å². The van der Waals surface area contributed by atoms with E-state index >= 15 is 0 Å². The quantitative estimate of drug-likeness (QED) is 0.479. The van der Waals surface area contributed by atoms with Gasteiger partial charge in [0, 0.05) is 18.6 Å². The topological polar surface area (TPSA) is 46.5 Å². The van der Waals surface area contributed by atoms with Crippen LogP contribution >= 0.6 is 0 Å². The maximum absolute atomic E-state index is 11.1. The molecule has 1 N–H and O–H groups in total. The molecule has 1 aromatic rings. The fraction of sp³-hybridized carbons (Fsp3) is 0.154. The summed E-state index contributed by atoms with van der Waals surface area (Å²) in [6.07, 6.45) is 2.59. The normalized spacial score (nSPS) is 13.6. The van der Waals surface area contributed by atoms with Crippen molar-refractivity contribution < 1.29 is 14.6 Å². The van der Waals surface area contributed by atoms with Crippen LogP contribution in [-0.2, 0) is 15.3 Å². The molecule has 1 aromatic carbocycles. The summed E-state index contributed by atoms with van der Waals surface area (Å²) in [5.41, 5.74) is 1.20. The van der Waals surface area contributed by atoms with Crippen LogP contribution in [-0.4, -0.2) is 11.1 Å². The van der Waals surface area contributed by atoms with Gasteiger partial charge in [-0.15, -0.1) is 0 Å². The van der Waals surface area contributed by atoms with Crippen molar-refractivity contribution in [2.24, 2.45) is 0 Å².